The molecule has 0 radical (unpaired) electrons. The van der Waals surface area contributed by atoms with Crippen LogP contribution in [0.2, 0.25) is 10.0 Å². The van der Waals surface area contributed by atoms with E-state index < -0.39 is 0 Å². The Balaban J connectivity index is 1.20. The molecule has 6 nitrogen and oxygen atoms in total. The monoisotopic (exact) mass is 497 g/mol. The molecule has 34 heavy (non-hydrogen) atoms. The highest BCUT2D eigenvalue weighted by Gasteiger charge is 2.20. The van der Waals surface area contributed by atoms with E-state index in [1.807, 2.05) is 30.3 Å². The Morgan fingerprint density at radius 3 is 2.38 bits per heavy atom. The molecule has 1 saturated heterocycles. The quantitative estimate of drug-likeness (QED) is 0.515. The smallest absolute Gasteiger partial charge is 0.255 e. The fraction of sp³-hybridized carbons (Fsp3) is 0.269. The lowest BCUT2D eigenvalue weighted by atomic mass is 10.1. The van der Waals surface area contributed by atoms with Crippen LogP contribution in [0.4, 0.5) is 11.4 Å². The molecule has 2 heterocycles. The van der Waals surface area contributed by atoms with Crippen molar-refractivity contribution in [1.29, 1.82) is 0 Å². The van der Waals surface area contributed by atoms with Crippen LogP contribution in [0.5, 0.6) is 11.5 Å². The third-order valence-corrected chi connectivity index (χ3v) is 6.75. The number of hydrogen-bond donors (Lipinski definition) is 1. The summed E-state index contributed by atoms with van der Waals surface area (Å²) in [4.78, 5) is 17.4. The molecule has 5 rings (SSSR count). The van der Waals surface area contributed by atoms with Crippen LogP contribution in [0.3, 0.4) is 0 Å². The van der Waals surface area contributed by atoms with E-state index in [9.17, 15) is 4.79 Å². The second-order valence-corrected chi connectivity index (χ2v) is 9.15. The van der Waals surface area contributed by atoms with Gasteiger partial charge in [-0.15, -0.1) is 0 Å². The summed E-state index contributed by atoms with van der Waals surface area (Å²) in [5.41, 5.74) is 3.26. The molecule has 0 unspecified atom stereocenters. The zero-order valence-electron chi connectivity index (χ0n) is 18.6. The van der Waals surface area contributed by atoms with Gasteiger partial charge >= 0.3 is 0 Å². The average Bonchev–Trinajstić information content (AvgIpc) is 2.86. The number of benzene rings is 3. The lowest BCUT2D eigenvalue weighted by Crippen LogP contribution is -2.46. The van der Waals surface area contributed by atoms with Crippen LogP contribution in [0, 0.1) is 0 Å². The summed E-state index contributed by atoms with van der Waals surface area (Å²) in [5.74, 6) is 1.01. The number of halogens is 2. The Labute approximate surface area is 209 Å². The first kappa shape index (κ1) is 22.8. The molecule has 2 aliphatic rings. The van der Waals surface area contributed by atoms with Crippen LogP contribution in [-0.4, -0.2) is 50.2 Å². The van der Waals surface area contributed by atoms with Gasteiger partial charge in [0.15, 0.2) is 11.5 Å². The molecule has 1 N–H and O–H groups in total. The summed E-state index contributed by atoms with van der Waals surface area (Å²) in [7, 11) is 0. The number of fused-ring (bicyclic) bond motifs is 1. The average molecular weight is 498 g/mol. The molecular weight excluding hydrogens is 473 g/mol. The second-order valence-electron chi connectivity index (χ2n) is 8.33. The molecule has 2 aliphatic heterocycles. The standard InChI is InChI=1S/C26H25Cl2N3O3/c27-21-4-2-1-3-19(21)17-30-9-11-31(12-10-30)23-7-6-20(16-22(23)28)29-26(32)18-5-8-24-25(15-18)34-14-13-33-24/h1-8,15-16H,9-14,17H2,(H,29,32). The molecule has 176 valence electrons. The van der Waals surface area contributed by atoms with Crippen LogP contribution in [0.1, 0.15) is 15.9 Å². The van der Waals surface area contributed by atoms with Gasteiger partial charge in [0.2, 0.25) is 0 Å². The highest BCUT2D eigenvalue weighted by molar-refractivity contribution is 6.33. The summed E-state index contributed by atoms with van der Waals surface area (Å²) >= 11 is 12.9. The first-order valence-electron chi connectivity index (χ1n) is 11.3. The molecule has 3 aromatic rings. The van der Waals surface area contributed by atoms with Gasteiger partial charge in [0, 0.05) is 49.0 Å². The van der Waals surface area contributed by atoms with Gasteiger partial charge in [-0.1, -0.05) is 41.4 Å². The second kappa shape index (κ2) is 10.1. The van der Waals surface area contributed by atoms with Crippen molar-refractivity contribution in [3.63, 3.8) is 0 Å². The number of rotatable bonds is 5. The van der Waals surface area contributed by atoms with Gasteiger partial charge in [-0.3, -0.25) is 9.69 Å². The first-order valence-corrected chi connectivity index (χ1v) is 12.0. The van der Waals surface area contributed by atoms with E-state index in [1.165, 1.54) is 0 Å². The zero-order valence-corrected chi connectivity index (χ0v) is 20.1. The Hall–Kier alpha value is -2.93. The Morgan fingerprint density at radius 2 is 1.62 bits per heavy atom. The molecule has 0 aromatic heterocycles. The topological polar surface area (TPSA) is 54.0 Å². The number of amides is 1. The van der Waals surface area contributed by atoms with Crippen LogP contribution >= 0.6 is 23.2 Å². The largest absolute Gasteiger partial charge is 0.486 e. The van der Waals surface area contributed by atoms with E-state index >= 15 is 0 Å². The van der Waals surface area contributed by atoms with Crippen molar-refractivity contribution in [3.8, 4) is 11.5 Å². The normalized spacial score (nSPS) is 15.8. The van der Waals surface area contributed by atoms with Gasteiger partial charge in [0.05, 0.1) is 10.7 Å². The van der Waals surface area contributed by atoms with E-state index in [2.05, 4.69) is 21.2 Å². The van der Waals surface area contributed by atoms with Crippen LogP contribution in [-0.2, 0) is 6.54 Å². The molecule has 0 spiro atoms. The van der Waals surface area contributed by atoms with Crippen LogP contribution < -0.4 is 19.7 Å². The highest BCUT2D eigenvalue weighted by atomic mass is 35.5. The molecule has 1 amide bonds. The lowest BCUT2D eigenvalue weighted by Gasteiger charge is -2.36. The number of ether oxygens (including phenoxy) is 2. The molecule has 8 heteroatoms. The number of hydrogen-bond acceptors (Lipinski definition) is 5. The molecule has 0 atom stereocenters. The van der Waals surface area contributed by atoms with Gasteiger partial charge in [-0.25, -0.2) is 0 Å². The van der Waals surface area contributed by atoms with Crippen molar-refractivity contribution in [3.05, 3.63) is 81.8 Å². The fourth-order valence-electron chi connectivity index (χ4n) is 4.24. The van der Waals surface area contributed by atoms with Gasteiger partial charge < -0.3 is 19.7 Å². The Kier molecular flexibility index (Phi) is 6.81. The summed E-state index contributed by atoms with van der Waals surface area (Å²) in [5, 5.41) is 4.33. The number of anilines is 2. The maximum absolute atomic E-state index is 12.7. The zero-order chi connectivity index (χ0) is 23.5. The van der Waals surface area contributed by atoms with Crippen LogP contribution in [0.25, 0.3) is 0 Å². The van der Waals surface area contributed by atoms with Crippen LogP contribution in [0.15, 0.2) is 60.7 Å². The van der Waals surface area contributed by atoms with Crippen molar-refractivity contribution in [2.45, 2.75) is 6.54 Å². The minimum Gasteiger partial charge on any atom is -0.486 e. The fourth-order valence-corrected chi connectivity index (χ4v) is 4.74. The SMILES string of the molecule is O=C(Nc1ccc(N2CCN(Cc3ccccc3Cl)CC2)c(Cl)c1)c1ccc2c(c1)OCCO2. The summed E-state index contributed by atoms with van der Waals surface area (Å²) < 4.78 is 11.1. The number of nitrogens with zero attached hydrogens (tertiary/aromatic N) is 2. The Morgan fingerprint density at radius 1 is 0.853 bits per heavy atom. The number of piperazine rings is 1. The van der Waals surface area contributed by atoms with E-state index in [-0.39, 0.29) is 5.91 Å². The number of carbonyl (C=O) groups is 1. The third kappa shape index (κ3) is 5.09. The van der Waals surface area contributed by atoms with Gasteiger partial charge in [0.1, 0.15) is 13.2 Å². The minimum atomic E-state index is -0.228. The maximum Gasteiger partial charge on any atom is 0.255 e. The van der Waals surface area contributed by atoms with E-state index in [4.69, 9.17) is 32.7 Å². The van der Waals surface area contributed by atoms with Gasteiger partial charge in [0.25, 0.3) is 5.91 Å². The van der Waals surface area contributed by atoms with E-state index in [0.29, 0.717) is 41.0 Å². The van der Waals surface area contributed by atoms with Crippen molar-refractivity contribution in [2.75, 3.05) is 49.6 Å². The maximum atomic E-state index is 12.7. The molecule has 0 saturated carbocycles. The van der Waals surface area contributed by atoms with Crippen molar-refractivity contribution < 1.29 is 14.3 Å². The van der Waals surface area contributed by atoms with E-state index in [1.54, 1.807) is 24.3 Å². The summed E-state index contributed by atoms with van der Waals surface area (Å²) in [6.45, 7) is 5.41. The molecule has 0 aliphatic carbocycles. The predicted molar refractivity (Wildman–Crippen MR) is 136 cm³/mol. The van der Waals surface area contributed by atoms with Gasteiger partial charge in [-0.2, -0.15) is 0 Å². The van der Waals surface area contributed by atoms with Crippen molar-refractivity contribution in [1.82, 2.24) is 4.90 Å². The summed E-state index contributed by atoms with van der Waals surface area (Å²) in [6.07, 6.45) is 0. The Bertz CT molecular complexity index is 1200. The molecular formula is C26H25Cl2N3O3. The van der Waals surface area contributed by atoms with Crippen molar-refractivity contribution >= 4 is 40.5 Å². The highest BCUT2D eigenvalue weighted by Crippen LogP contribution is 2.32. The number of carbonyl (C=O) groups excluding carboxylic acids is 1. The number of nitrogens with one attached hydrogen (secondary N) is 1. The lowest BCUT2D eigenvalue weighted by molar-refractivity contribution is 0.102. The van der Waals surface area contributed by atoms with Gasteiger partial charge in [-0.05, 0) is 48.0 Å². The molecule has 0 bridgehead atoms. The third-order valence-electron chi connectivity index (χ3n) is 6.07. The summed E-state index contributed by atoms with van der Waals surface area (Å²) in [6, 6.07) is 18.8. The molecule has 3 aromatic carbocycles. The predicted octanol–water partition coefficient (Wildman–Crippen LogP) is 5.34. The minimum absolute atomic E-state index is 0.228. The van der Waals surface area contributed by atoms with Crippen molar-refractivity contribution in [2.24, 2.45) is 0 Å². The van der Waals surface area contributed by atoms with E-state index in [0.717, 1.165) is 49.0 Å². The molecule has 1 fully saturated rings. The first-order chi connectivity index (χ1) is 16.6.